The number of aromatic carboxylic acids is 1. The Balaban J connectivity index is 1.13. The Morgan fingerprint density at radius 3 is 2.28 bits per heavy atom. The number of rotatable bonds is 7. The van der Waals surface area contributed by atoms with Gasteiger partial charge in [0.15, 0.2) is 0 Å². The van der Waals surface area contributed by atoms with Crippen molar-refractivity contribution in [2.45, 2.75) is 32.3 Å². The number of hydrogen-bond donors (Lipinski definition) is 1. The van der Waals surface area contributed by atoms with Crippen LogP contribution in [0, 0.1) is 5.41 Å². The summed E-state index contributed by atoms with van der Waals surface area (Å²) in [6.07, 6.45) is 3.79. The highest BCUT2D eigenvalue weighted by molar-refractivity contribution is 6.30. The Morgan fingerprint density at radius 2 is 1.58 bits per heavy atom. The molecule has 3 aromatic rings. The van der Waals surface area contributed by atoms with E-state index in [1.807, 2.05) is 59.5 Å². The van der Waals surface area contributed by atoms with Gasteiger partial charge in [-0.2, -0.15) is 0 Å². The van der Waals surface area contributed by atoms with Gasteiger partial charge in [0.25, 0.3) is 0 Å². The molecule has 2 saturated heterocycles. The van der Waals surface area contributed by atoms with Gasteiger partial charge in [-0.3, -0.25) is 4.90 Å². The number of hydrogen-bond acceptors (Lipinski definition) is 5. The minimum Gasteiger partial charge on any atom is -0.478 e. The van der Waals surface area contributed by atoms with E-state index < -0.39 is 5.97 Å². The molecule has 6 rings (SSSR count). The van der Waals surface area contributed by atoms with Gasteiger partial charge in [0.2, 0.25) is 0 Å². The molecule has 1 amide bonds. The monoisotopic (exact) mass is 599 g/mol. The smallest absolute Gasteiger partial charge is 0.410 e. The quantitative estimate of drug-likeness (QED) is 0.321. The first-order valence-electron chi connectivity index (χ1n) is 15.1. The number of ether oxygens (including phenoxy) is 1. The van der Waals surface area contributed by atoms with Crippen LogP contribution in [0.2, 0.25) is 5.02 Å². The lowest BCUT2D eigenvalue weighted by Gasteiger charge is -2.40. The zero-order chi connectivity index (χ0) is 29.8. The standard InChI is InChI=1S/C35H38ClN3O4/c36-30-10-6-27(7-11-30)32-14-15-35(16-17-39(25-35)34(42)43-24-26-4-2-1-3-5-26)22-29(32)23-37-18-20-38(21-19-37)31-12-8-28(9-13-31)33(40)41/h1-13H,14-25H2,(H,40,41). The summed E-state index contributed by atoms with van der Waals surface area (Å²) in [6.45, 7) is 6.32. The number of allylic oxidation sites excluding steroid dienone is 1. The van der Waals surface area contributed by atoms with Gasteiger partial charge in [0.1, 0.15) is 6.61 Å². The topological polar surface area (TPSA) is 73.3 Å². The molecule has 1 atom stereocenters. The Hall–Kier alpha value is -3.81. The normalized spacial score (nSPS) is 21.0. The summed E-state index contributed by atoms with van der Waals surface area (Å²) >= 11 is 6.23. The second-order valence-corrected chi connectivity index (χ2v) is 12.5. The molecule has 2 fully saturated rings. The molecule has 8 heteroatoms. The molecule has 2 aliphatic heterocycles. The van der Waals surface area contributed by atoms with Crippen molar-refractivity contribution in [1.82, 2.24) is 9.80 Å². The fourth-order valence-corrected chi connectivity index (χ4v) is 6.99. The summed E-state index contributed by atoms with van der Waals surface area (Å²) in [5.74, 6) is -0.902. The van der Waals surface area contributed by atoms with E-state index in [0.717, 1.165) is 87.8 Å². The third-order valence-electron chi connectivity index (χ3n) is 9.28. The molecule has 43 heavy (non-hydrogen) atoms. The van der Waals surface area contributed by atoms with E-state index in [1.54, 1.807) is 12.1 Å². The predicted octanol–water partition coefficient (Wildman–Crippen LogP) is 6.83. The first-order chi connectivity index (χ1) is 20.9. The summed E-state index contributed by atoms with van der Waals surface area (Å²) in [5, 5.41) is 9.96. The molecule has 1 spiro atoms. The number of carbonyl (C=O) groups excluding carboxylic acids is 1. The minimum atomic E-state index is -0.902. The lowest BCUT2D eigenvalue weighted by atomic mass is 9.69. The zero-order valence-corrected chi connectivity index (χ0v) is 25.1. The molecule has 1 N–H and O–H groups in total. The van der Waals surface area contributed by atoms with Crippen LogP contribution in [0.5, 0.6) is 0 Å². The van der Waals surface area contributed by atoms with Crippen molar-refractivity contribution in [2.24, 2.45) is 5.41 Å². The molecule has 1 unspecified atom stereocenters. The molecule has 0 aromatic heterocycles. The highest BCUT2D eigenvalue weighted by atomic mass is 35.5. The average molecular weight is 600 g/mol. The van der Waals surface area contributed by atoms with Gasteiger partial charge in [-0.25, -0.2) is 9.59 Å². The van der Waals surface area contributed by atoms with E-state index in [-0.39, 0.29) is 11.5 Å². The molecule has 3 aromatic carbocycles. The van der Waals surface area contributed by atoms with E-state index in [2.05, 4.69) is 21.9 Å². The van der Waals surface area contributed by atoms with E-state index in [0.29, 0.717) is 12.2 Å². The molecule has 0 bridgehead atoms. The maximum absolute atomic E-state index is 13.0. The maximum atomic E-state index is 13.0. The highest BCUT2D eigenvalue weighted by Crippen LogP contribution is 2.48. The average Bonchev–Trinajstić information content (AvgIpc) is 3.44. The summed E-state index contributed by atoms with van der Waals surface area (Å²) in [7, 11) is 0. The van der Waals surface area contributed by atoms with E-state index in [4.69, 9.17) is 16.3 Å². The second-order valence-electron chi connectivity index (χ2n) is 12.1. The minimum absolute atomic E-state index is 0.0741. The van der Waals surface area contributed by atoms with Crippen LogP contribution in [-0.4, -0.2) is 72.8 Å². The fourth-order valence-electron chi connectivity index (χ4n) is 6.86. The number of halogens is 1. The number of carboxylic acid groups (broad SMARTS) is 1. The zero-order valence-electron chi connectivity index (χ0n) is 24.4. The summed E-state index contributed by atoms with van der Waals surface area (Å²) in [4.78, 5) is 31.0. The maximum Gasteiger partial charge on any atom is 0.410 e. The number of anilines is 1. The fraction of sp³-hybridized carbons (Fsp3) is 0.371. The predicted molar refractivity (Wildman–Crippen MR) is 170 cm³/mol. The SMILES string of the molecule is O=C(O)c1ccc(N2CCN(CC3=C(c4ccc(Cl)cc4)CCC4(CCN(C(=O)OCc5ccccc5)C4)C3)CC2)cc1. The van der Waals surface area contributed by atoms with Crippen LogP contribution >= 0.6 is 11.6 Å². The van der Waals surface area contributed by atoms with Gasteiger partial charge in [0.05, 0.1) is 5.56 Å². The highest BCUT2D eigenvalue weighted by Gasteiger charge is 2.43. The van der Waals surface area contributed by atoms with E-state index >= 15 is 0 Å². The summed E-state index contributed by atoms with van der Waals surface area (Å²) < 4.78 is 5.68. The Bertz CT molecular complexity index is 1470. The first-order valence-corrected chi connectivity index (χ1v) is 15.5. The van der Waals surface area contributed by atoms with Crippen molar-refractivity contribution in [3.63, 3.8) is 0 Å². The van der Waals surface area contributed by atoms with Crippen LogP contribution in [-0.2, 0) is 11.3 Å². The lowest BCUT2D eigenvalue weighted by Crippen LogP contribution is -2.47. The Labute approximate surface area is 258 Å². The van der Waals surface area contributed by atoms with Crippen LogP contribution in [0.4, 0.5) is 10.5 Å². The summed E-state index contributed by atoms with van der Waals surface area (Å²) in [6, 6.07) is 25.2. The van der Waals surface area contributed by atoms with Crippen molar-refractivity contribution in [3.8, 4) is 0 Å². The van der Waals surface area contributed by atoms with Crippen molar-refractivity contribution < 1.29 is 19.4 Å². The van der Waals surface area contributed by atoms with Crippen LogP contribution in [0.1, 0.15) is 47.2 Å². The van der Waals surface area contributed by atoms with Gasteiger partial charge in [0, 0.05) is 56.5 Å². The molecule has 0 radical (unpaired) electrons. The van der Waals surface area contributed by atoms with Gasteiger partial charge in [-0.05, 0) is 84.2 Å². The van der Waals surface area contributed by atoms with Crippen LogP contribution in [0.3, 0.4) is 0 Å². The third-order valence-corrected chi connectivity index (χ3v) is 9.53. The lowest BCUT2D eigenvalue weighted by molar-refractivity contribution is 0.0696. The molecule has 2 heterocycles. The molecule has 3 aliphatic rings. The third kappa shape index (κ3) is 6.89. The van der Waals surface area contributed by atoms with E-state index in [1.165, 1.54) is 16.7 Å². The number of carboxylic acids is 1. The number of nitrogens with zero attached hydrogens (tertiary/aromatic N) is 3. The Kier molecular flexibility index (Phi) is 8.73. The molecular weight excluding hydrogens is 562 g/mol. The number of piperazine rings is 1. The number of carbonyl (C=O) groups is 2. The molecule has 224 valence electrons. The summed E-state index contributed by atoms with van der Waals surface area (Å²) in [5.41, 5.74) is 6.57. The van der Waals surface area contributed by atoms with Gasteiger partial charge >= 0.3 is 12.1 Å². The van der Waals surface area contributed by atoms with Gasteiger partial charge < -0.3 is 19.6 Å². The molecular formula is C35H38ClN3O4. The molecule has 0 saturated carbocycles. The number of amides is 1. The Morgan fingerprint density at radius 1 is 0.860 bits per heavy atom. The number of benzene rings is 3. The molecule has 7 nitrogen and oxygen atoms in total. The van der Waals surface area contributed by atoms with Crippen molar-refractivity contribution in [2.75, 3.05) is 50.7 Å². The van der Waals surface area contributed by atoms with E-state index in [9.17, 15) is 14.7 Å². The van der Waals surface area contributed by atoms with Crippen molar-refractivity contribution in [1.29, 1.82) is 0 Å². The molecule has 1 aliphatic carbocycles. The first kappa shape index (κ1) is 29.3. The second kappa shape index (κ2) is 12.8. The van der Waals surface area contributed by atoms with Crippen molar-refractivity contribution >= 4 is 34.9 Å². The van der Waals surface area contributed by atoms with Gasteiger partial charge in [-0.1, -0.05) is 59.6 Å². The van der Waals surface area contributed by atoms with Crippen molar-refractivity contribution in [3.05, 3.63) is 106 Å². The number of likely N-dealkylation sites (tertiary alicyclic amines) is 1. The largest absolute Gasteiger partial charge is 0.478 e. The van der Waals surface area contributed by atoms with Crippen LogP contribution in [0.25, 0.3) is 5.57 Å². The van der Waals surface area contributed by atoms with Crippen LogP contribution in [0.15, 0.2) is 84.4 Å². The van der Waals surface area contributed by atoms with Crippen LogP contribution < -0.4 is 4.90 Å². The van der Waals surface area contributed by atoms with Gasteiger partial charge in [-0.15, -0.1) is 0 Å².